The molecule has 4 N–H and O–H groups in total. The maximum Gasteiger partial charge on any atom is 0.407 e. The molecule has 7 heteroatoms. The van der Waals surface area contributed by atoms with Crippen molar-refractivity contribution in [1.82, 2.24) is 10.7 Å². The molecule has 7 nitrogen and oxygen atoms in total. The minimum absolute atomic E-state index is 0.401. The fraction of sp³-hybridized carbons (Fsp3) is 0.800. The van der Waals surface area contributed by atoms with Gasteiger partial charge in [-0.1, -0.05) is 0 Å². The van der Waals surface area contributed by atoms with Crippen LogP contribution < -0.4 is 16.6 Å². The first kappa shape index (κ1) is 13.7. The second-order valence-corrected chi connectivity index (χ2v) is 4.84. The first-order valence-corrected chi connectivity index (χ1v) is 5.45. The molecule has 0 spiro atoms. The number of hydrogen-bond donors (Lipinski definition) is 3. The number of nitrogens with one attached hydrogen (secondary N) is 2. The van der Waals surface area contributed by atoms with Crippen molar-refractivity contribution >= 4 is 12.0 Å². The summed E-state index contributed by atoms with van der Waals surface area (Å²) in [4.78, 5) is 22.9. The van der Waals surface area contributed by atoms with Gasteiger partial charge in [0.15, 0.2) is 6.10 Å². The van der Waals surface area contributed by atoms with Gasteiger partial charge in [0.25, 0.3) is 5.91 Å². The van der Waals surface area contributed by atoms with Crippen molar-refractivity contribution in [3.05, 3.63) is 0 Å². The third kappa shape index (κ3) is 4.20. The minimum Gasteiger partial charge on any atom is -0.444 e. The molecule has 1 fully saturated rings. The minimum atomic E-state index is -0.757. The Bertz CT molecular complexity index is 300. The molecule has 0 radical (unpaired) electrons. The number of carbonyl (C=O) groups excluding carboxylic acids is 2. The average Bonchev–Trinajstić information content (AvgIpc) is 2.61. The number of amides is 2. The fourth-order valence-electron chi connectivity index (χ4n) is 1.54. The van der Waals surface area contributed by atoms with Gasteiger partial charge in [-0.3, -0.25) is 10.2 Å². The number of hydrazine groups is 1. The molecule has 1 aliphatic heterocycles. The van der Waals surface area contributed by atoms with Crippen LogP contribution in [-0.4, -0.2) is 36.4 Å². The molecule has 0 aromatic heterocycles. The Hall–Kier alpha value is -1.34. The van der Waals surface area contributed by atoms with E-state index in [4.69, 9.17) is 15.3 Å². The summed E-state index contributed by atoms with van der Waals surface area (Å²) in [6.45, 7) is 5.70. The summed E-state index contributed by atoms with van der Waals surface area (Å²) in [5.41, 5.74) is 1.43. The predicted octanol–water partition coefficient (Wildman–Crippen LogP) is -0.341. The van der Waals surface area contributed by atoms with Crippen molar-refractivity contribution < 1.29 is 19.1 Å². The highest BCUT2D eigenvalue weighted by Crippen LogP contribution is 2.15. The van der Waals surface area contributed by atoms with E-state index in [1.807, 2.05) is 5.43 Å². The molecule has 0 aromatic carbocycles. The first-order chi connectivity index (χ1) is 7.83. The maximum absolute atomic E-state index is 11.5. The van der Waals surface area contributed by atoms with Crippen LogP contribution in [-0.2, 0) is 14.3 Å². The van der Waals surface area contributed by atoms with E-state index in [1.54, 1.807) is 20.8 Å². The molecule has 1 heterocycles. The van der Waals surface area contributed by atoms with E-state index in [2.05, 4.69) is 5.32 Å². The third-order valence-electron chi connectivity index (χ3n) is 2.19. The van der Waals surface area contributed by atoms with Crippen LogP contribution in [0.2, 0.25) is 0 Å². The predicted molar refractivity (Wildman–Crippen MR) is 59.8 cm³/mol. The second kappa shape index (κ2) is 5.33. The summed E-state index contributed by atoms with van der Waals surface area (Å²) in [5.74, 6) is 4.57. The standard InChI is InChI=1S/C10H19N3O4/c1-10(2,3)17-9(15)12-6-4-5-16-7(6)8(14)13-11/h6-7H,4-5,11H2,1-3H3,(H,12,15)(H,13,14)/t6-,7+/m1/s1. The van der Waals surface area contributed by atoms with Crippen molar-refractivity contribution in [3.8, 4) is 0 Å². The van der Waals surface area contributed by atoms with Crippen molar-refractivity contribution in [2.45, 2.75) is 44.9 Å². The van der Waals surface area contributed by atoms with Gasteiger partial charge in [0, 0.05) is 6.61 Å². The molecule has 17 heavy (non-hydrogen) atoms. The number of alkyl carbamates (subject to hydrolysis) is 1. The van der Waals surface area contributed by atoms with E-state index in [0.717, 1.165) is 0 Å². The molecule has 2 atom stereocenters. The topological polar surface area (TPSA) is 103 Å². The van der Waals surface area contributed by atoms with Crippen LogP contribution in [0, 0.1) is 0 Å². The van der Waals surface area contributed by atoms with Gasteiger partial charge in [0.2, 0.25) is 0 Å². The lowest BCUT2D eigenvalue weighted by Gasteiger charge is -2.23. The molecular weight excluding hydrogens is 226 g/mol. The van der Waals surface area contributed by atoms with Crippen LogP contribution in [0.15, 0.2) is 0 Å². The fourth-order valence-corrected chi connectivity index (χ4v) is 1.54. The average molecular weight is 245 g/mol. The molecule has 0 aromatic rings. The van der Waals surface area contributed by atoms with Gasteiger partial charge in [-0.25, -0.2) is 10.6 Å². The maximum atomic E-state index is 11.5. The van der Waals surface area contributed by atoms with Crippen LogP contribution >= 0.6 is 0 Å². The highest BCUT2D eigenvalue weighted by molar-refractivity contribution is 5.82. The highest BCUT2D eigenvalue weighted by atomic mass is 16.6. The molecule has 1 aliphatic rings. The number of nitrogens with two attached hydrogens (primary N) is 1. The number of ether oxygens (including phenoxy) is 2. The third-order valence-corrected chi connectivity index (χ3v) is 2.19. The normalized spacial score (nSPS) is 24.2. The van der Waals surface area contributed by atoms with Crippen LogP contribution in [0.5, 0.6) is 0 Å². The van der Waals surface area contributed by atoms with E-state index < -0.39 is 29.7 Å². The van der Waals surface area contributed by atoms with Crippen LogP contribution in [0.4, 0.5) is 4.79 Å². The van der Waals surface area contributed by atoms with Gasteiger partial charge < -0.3 is 14.8 Å². The van der Waals surface area contributed by atoms with E-state index in [1.165, 1.54) is 0 Å². The van der Waals surface area contributed by atoms with E-state index in [-0.39, 0.29) is 0 Å². The second-order valence-electron chi connectivity index (χ2n) is 4.84. The Morgan fingerprint density at radius 2 is 2.06 bits per heavy atom. The van der Waals surface area contributed by atoms with Gasteiger partial charge in [-0.05, 0) is 27.2 Å². The van der Waals surface area contributed by atoms with Crippen molar-refractivity contribution in [2.24, 2.45) is 5.84 Å². The molecule has 2 amide bonds. The molecule has 1 rings (SSSR count). The molecule has 98 valence electrons. The van der Waals surface area contributed by atoms with Gasteiger partial charge in [0.05, 0.1) is 6.04 Å². The van der Waals surface area contributed by atoms with E-state index >= 15 is 0 Å². The van der Waals surface area contributed by atoms with Crippen LogP contribution in [0.25, 0.3) is 0 Å². The quantitative estimate of drug-likeness (QED) is 0.351. The Balaban J connectivity index is 2.50. The highest BCUT2D eigenvalue weighted by Gasteiger charge is 2.35. The Labute approximate surface area is 100.0 Å². The summed E-state index contributed by atoms with van der Waals surface area (Å²) < 4.78 is 10.3. The molecule has 1 saturated heterocycles. The van der Waals surface area contributed by atoms with Gasteiger partial charge in [-0.15, -0.1) is 0 Å². The van der Waals surface area contributed by atoms with Gasteiger partial charge in [-0.2, -0.15) is 0 Å². The number of hydrogen-bond acceptors (Lipinski definition) is 5. The molecule has 0 unspecified atom stereocenters. The van der Waals surface area contributed by atoms with Crippen LogP contribution in [0.1, 0.15) is 27.2 Å². The smallest absolute Gasteiger partial charge is 0.407 e. The lowest BCUT2D eigenvalue weighted by molar-refractivity contribution is -0.130. The largest absolute Gasteiger partial charge is 0.444 e. The van der Waals surface area contributed by atoms with Crippen molar-refractivity contribution in [1.29, 1.82) is 0 Å². The lowest BCUT2D eigenvalue weighted by atomic mass is 10.1. The molecular formula is C10H19N3O4. The Kier molecular flexibility index (Phi) is 4.30. The molecule has 0 bridgehead atoms. The van der Waals surface area contributed by atoms with Crippen molar-refractivity contribution in [2.75, 3.05) is 6.61 Å². The summed E-state index contributed by atoms with van der Waals surface area (Å²) >= 11 is 0. The van der Waals surface area contributed by atoms with Crippen LogP contribution in [0.3, 0.4) is 0 Å². The molecule has 0 saturated carbocycles. The zero-order chi connectivity index (χ0) is 13.1. The summed E-state index contributed by atoms with van der Waals surface area (Å²) in [5, 5.41) is 2.60. The first-order valence-electron chi connectivity index (χ1n) is 5.45. The number of carbonyl (C=O) groups is 2. The van der Waals surface area contributed by atoms with E-state index in [0.29, 0.717) is 13.0 Å². The lowest BCUT2D eigenvalue weighted by Crippen LogP contribution is -2.50. The zero-order valence-electron chi connectivity index (χ0n) is 10.3. The Morgan fingerprint density at radius 3 is 2.59 bits per heavy atom. The van der Waals surface area contributed by atoms with Gasteiger partial charge in [0.1, 0.15) is 5.60 Å². The summed E-state index contributed by atoms with van der Waals surface area (Å²) in [6.07, 6.45) is -0.771. The number of rotatable bonds is 2. The van der Waals surface area contributed by atoms with Crippen molar-refractivity contribution in [3.63, 3.8) is 0 Å². The molecule has 0 aliphatic carbocycles. The Morgan fingerprint density at radius 1 is 1.41 bits per heavy atom. The van der Waals surface area contributed by atoms with E-state index in [9.17, 15) is 9.59 Å². The summed E-state index contributed by atoms with van der Waals surface area (Å²) in [7, 11) is 0. The summed E-state index contributed by atoms with van der Waals surface area (Å²) in [6, 6.07) is -0.409. The SMILES string of the molecule is CC(C)(C)OC(=O)N[C@@H]1CCO[C@@H]1C(=O)NN. The van der Waals surface area contributed by atoms with Gasteiger partial charge >= 0.3 is 6.09 Å². The monoisotopic (exact) mass is 245 g/mol. The zero-order valence-corrected chi connectivity index (χ0v) is 10.3.